The number of likely N-dealkylation sites (N-methyl/N-ethyl adjacent to an activating group) is 1. The molecule has 1 rings (SSSR count). The molecule has 0 amide bonds. The monoisotopic (exact) mass is 319 g/mol. The maximum Gasteiger partial charge on any atom is 0.241 e. The minimum atomic E-state index is -3.43. The summed E-state index contributed by atoms with van der Waals surface area (Å²) in [4.78, 5) is 3.22. The van der Waals surface area contributed by atoms with Crippen LogP contribution in [0.15, 0.2) is 16.3 Å². The highest BCUT2D eigenvalue weighted by atomic mass is 32.2. The number of hydrogen-bond donors (Lipinski definition) is 2. The number of sulfonamides is 1. The van der Waals surface area contributed by atoms with Gasteiger partial charge >= 0.3 is 0 Å². The number of rotatable bonds is 8. The summed E-state index contributed by atoms with van der Waals surface area (Å²) in [5.74, 6) is 0. The van der Waals surface area contributed by atoms with Gasteiger partial charge in [-0.15, -0.1) is 11.3 Å². The van der Waals surface area contributed by atoms with Crippen molar-refractivity contribution < 1.29 is 8.42 Å². The molecule has 7 heteroatoms. The second-order valence-corrected chi connectivity index (χ2v) is 8.14. The first-order chi connectivity index (χ1) is 9.24. The zero-order valence-corrected chi connectivity index (χ0v) is 14.4. The van der Waals surface area contributed by atoms with Gasteiger partial charge in [0.1, 0.15) is 0 Å². The van der Waals surface area contributed by atoms with Gasteiger partial charge in [-0.2, -0.15) is 0 Å². The molecule has 0 spiro atoms. The molecule has 0 aromatic carbocycles. The molecule has 1 aromatic rings. The van der Waals surface area contributed by atoms with Crippen molar-refractivity contribution in [2.45, 2.75) is 44.3 Å². The SMILES string of the molecule is CC(C)NCc1sccc1S(=O)(=O)NCC(C)N(C)C. The van der Waals surface area contributed by atoms with Gasteiger partial charge in [0, 0.05) is 30.1 Å². The van der Waals surface area contributed by atoms with Crippen LogP contribution in [0.5, 0.6) is 0 Å². The second-order valence-electron chi connectivity index (χ2n) is 5.41. The van der Waals surface area contributed by atoms with Crippen molar-refractivity contribution in [3.05, 3.63) is 16.3 Å². The summed E-state index contributed by atoms with van der Waals surface area (Å²) in [6, 6.07) is 2.15. The fourth-order valence-electron chi connectivity index (χ4n) is 1.48. The lowest BCUT2D eigenvalue weighted by Gasteiger charge is -2.20. The third kappa shape index (κ3) is 5.14. The Kier molecular flexibility index (Phi) is 6.60. The summed E-state index contributed by atoms with van der Waals surface area (Å²) in [5.41, 5.74) is 0. The fourth-order valence-corrected chi connectivity index (χ4v) is 4.00. The summed E-state index contributed by atoms with van der Waals surface area (Å²) in [5, 5.41) is 5.07. The molecule has 0 saturated heterocycles. The first-order valence-electron chi connectivity index (χ1n) is 6.70. The average molecular weight is 319 g/mol. The quantitative estimate of drug-likeness (QED) is 0.762. The highest BCUT2D eigenvalue weighted by Crippen LogP contribution is 2.21. The fraction of sp³-hybridized carbons (Fsp3) is 0.692. The van der Waals surface area contributed by atoms with E-state index >= 15 is 0 Å². The van der Waals surface area contributed by atoms with Crippen molar-refractivity contribution in [3.8, 4) is 0 Å². The van der Waals surface area contributed by atoms with Gasteiger partial charge in [-0.3, -0.25) is 0 Å². The van der Waals surface area contributed by atoms with Gasteiger partial charge in [-0.1, -0.05) is 13.8 Å². The molecular formula is C13H25N3O2S2. The summed E-state index contributed by atoms with van der Waals surface area (Å²) in [6.45, 7) is 7.05. The molecule has 116 valence electrons. The molecule has 1 unspecified atom stereocenters. The van der Waals surface area contributed by atoms with E-state index in [1.807, 2.05) is 45.1 Å². The smallest absolute Gasteiger partial charge is 0.241 e. The molecule has 20 heavy (non-hydrogen) atoms. The van der Waals surface area contributed by atoms with Crippen LogP contribution in [-0.4, -0.2) is 46.0 Å². The summed E-state index contributed by atoms with van der Waals surface area (Å²) < 4.78 is 27.4. The Bertz CT molecular complexity index is 509. The standard InChI is InChI=1S/C13H25N3O2S2/c1-10(2)14-9-12-13(6-7-19-12)20(17,18)15-8-11(3)16(4)5/h6-7,10-11,14-15H,8-9H2,1-5H3. The molecule has 0 saturated carbocycles. The lowest BCUT2D eigenvalue weighted by Crippen LogP contribution is -2.38. The molecular weight excluding hydrogens is 294 g/mol. The van der Waals surface area contributed by atoms with E-state index in [0.29, 0.717) is 24.0 Å². The number of thiophene rings is 1. The molecule has 0 radical (unpaired) electrons. The summed E-state index contributed by atoms with van der Waals surface area (Å²) >= 11 is 1.47. The largest absolute Gasteiger partial charge is 0.310 e. The molecule has 5 nitrogen and oxygen atoms in total. The topological polar surface area (TPSA) is 61.4 Å². The van der Waals surface area contributed by atoms with E-state index in [1.165, 1.54) is 11.3 Å². The molecule has 1 aromatic heterocycles. The van der Waals surface area contributed by atoms with E-state index in [1.54, 1.807) is 6.07 Å². The average Bonchev–Trinajstić information content (AvgIpc) is 2.82. The maximum atomic E-state index is 12.3. The lowest BCUT2D eigenvalue weighted by atomic mass is 10.3. The Morgan fingerprint density at radius 3 is 2.50 bits per heavy atom. The van der Waals surface area contributed by atoms with Crippen molar-refractivity contribution in [1.82, 2.24) is 14.9 Å². The van der Waals surface area contributed by atoms with Crippen LogP contribution < -0.4 is 10.0 Å². The van der Waals surface area contributed by atoms with E-state index in [4.69, 9.17) is 0 Å². The van der Waals surface area contributed by atoms with Crippen LogP contribution in [0, 0.1) is 0 Å². The molecule has 0 aliphatic heterocycles. The van der Waals surface area contributed by atoms with Crippen LogP contribution in [0.2, 0.25) is 0 Å². The van der Waals surface area contributed by atoms with Crippen molar-refractivity contribution in [3.63, 3.8) is 0 Å². The van der Waals surface area contributed by atoms with E-state index in [-0.39, 0.29) is 6.04 Å². The molecule has 0 fully saturated rings. The third-order valence-corrected chi connectivity index (χ3v) is 5.67. The number of hydrogen-bond acceptors (Lipinski definition) is 5. The third-order valence-electron chi connectivity index (χ3n) is 3.12. The van der Waals surface area contributed by atoms with Crippen LogP contribution in [0.25, 0.3) is 0 Å². The van der Waals surface area contributed by atoms with Gasteiger partial charge in [-0.05, 0) is 32.5 Å². The maximum absolute atomic E-state index is 12.3. The zero-order chi connectivity index (χ0) is 15.3. The van der Waals surface area contributed by atoms with Gasteiger partial charge in [-0.25, -0.2) is 13.1 Å². The van der Waals surface area contributed by atoms with E-state index in [9.17, 15) is 8.42 Å². The Labute approximate surface area is 126 Å². The van der Waals surface area contributed by atoms with Crippen LogP contribution in [-0.2, 0) is 16.6 Å². The molecule has 2 N–H and O–H groups in total. The minimum Gasteiger partial charge on any atom is -0.310 e. The Hall–Kier alpha value is -0.470. The van der Waals surface area contributed by atoms with Crippen molar-refractivity contribution in [2.75, 3.05) is 20.6 Å². The van der Waals surface area contributed by atoms with E-state index in [0.717, 1.165) is 4.88 Å². The predicted octanol–water partition coefficient (Wildman–Crippen LogP) is 1.47. The van der Waals surface area contributed by atoms with Crippen LogP contribution in [0.4, 0.5) is 0 Å². The second kappa shape index (κ2) is 7.51. The Morgan fingerprint density at radius 2 is 1.95 bits per heavy atom. The minimum absolute atomic E-state index is 0.153. The number of nitrogens with one attached hydrogen (secondary N) is 2. The molecule has 1 atom stereocenters. The highest BCUT2D eigenvalue weighted by Gasteiger charge is 2.20. The van der Waals surface area contributed by atoms with Crippen molar-refractivity contribution in [1.29, 1.82) is 0 Å². The zero-order valence-electron chi connectivity index (χ0n) is 12.8. The first-order valence-corrected chi connectivity index (χ1v) is 9.06. The van der Waals surface area contributed by atoms with Gasteiger partial charge in [0.2, 0.25) is 10.0 Å². The lowest BCUT2D eigenvalue weighted by molar-refractivity contribution is 0.314. The number of nitrogens with zero attached hydrogens (tertiary/aromatic N) is 1. The van der Waals surface area contributed by atoms with E-state index < -0.39 is 10.0 Å². The first kappa shape index (κ1) is 17.6. The van der Waals surface area contributed by atoms with Crippen molar-refractivity contribution in [2.24, 2.45) is 0 Å². The summed E-state index contributed by atoms with van der Waals surface area (Å²) in [6.07, 6.45) is 0. The van der Waals surface area contributed by atoms with Crippen LogP contribution >= 0.6 is 11.3 Å². The normalized spacial score (nSPS) is 14.2. The molecule has 0 aliphatic carbocycles. The predicted molar refractivity (Wildman–Crippen MR) is 84.6 cm³/mol. The van der Waals surface area contributed by atoms with Gasteiger partial charge in [0.15, 0.2) is 0 Å². The molecule has 0 bridgehead atoms. The highest BCUT2D eigenvalue weighted by molar-refractivity contribution is 7.89. The molecule has 1 heterocycles. The Balaban J connectivity index is 2.75. The van der Waals surface area contributed by atoms with Gasteiger partial charge < -0.3 is 10.2 Å². The van der Waals surface area contributed by atoms with Crippen LogP contribution in [0.1, 0.15) is 25.6 Å². The Morgan fingerprint density at radius 1 is 1.30 bits per heavy atom. The van der Waals surface area contributed by atoms with Gasteiger partial charge in [0.25, 0.3) is 0 Å². The molecule has 0 aliphatic rings. The van der Waals surface area contributed by atoms with E-state index in [2.05, 4.69) is 10.0 Å². The summed E-state index contributed by atoms with van der Waals surface area (Å²) in [7, 11) is 0.434. The van der Waals surface area contributed by atoms with Gasteiger partial charge in [0.05, 0.1) is 4.90 Å². The van der Waals surface area contributed by atoms with Crippen molar-refractivity contribution >= 4 is 21.4 Å². The van der Waals surface area contributed by atoms with Crippen LogP contribution in [0.3, 0.4) is 0 Å².